The molecule has 1 amide bonds. The largest absolute Gasteiger partial charge is 0.493 e. The molecule has 224 valence electrons. The van der Waals surface area contributed by atoms with Crippen molar-refractivity contribution in [3.63, 3.8) is 0 Å². The lowest BCUT2D eigenvalue weighted by Gasteiger charge is -2.32. The molecule has 0 aromatic heterocycles. The van der Waals surface area contributed by atoms with Crippen LogP contribution in [0.2, 0.25) is 0 Å². The van der Waals surface area contributed by atoms with Crippen molar-refractivity contribution < 1.29 is 24.1 Å². The van der Waals surface area contributed by atoms with Gasteiger partial charge >= 0.3 is 0 Å². The number of ether oxygens (including phenoxy) is 3. The van der Waals surface area contributed by atoms with Crippen molar-refractivity contribution in [1.82, 2.24) is 5.32 Å². The van der Waals surface area contributed by atoms with Crippen LogP contribution in [0.25, 0.3) is 0 Å². The van der Waals surface area contributed by atoms with Crippen LogP contribution in [0.5, 0.6) is 11.5 Å². The van der Waals surface area contributed by atoms with Crippen LogP contribution >= 0.6 is 0 Å². The maximum absolute atomic E-state index is 13.1. The number of nitrogens with one attached hydrogen (secondary N) is 1. The molecule has 4 atom stereocenters. The van der Waals surface area contributed by atoms with Gasteiger partial charge in [-0.15, -0.1) is 0 Å². The molecule has 0 heterocycles. The lowest BCUT2D eigenvalue weighted by Crippen LogP contribution is -2.46. The number of rotatable bonds is 17. The number of nitrogens with two attached hydrogens (primary N) is 2. The minimum Gasteiger partial charge on any atom is -0.493 e. The van der Waals surface area contributed by atoms with E-state index in [1.807, 2.05) is 26.0 Å². The Bertz CT molecular complexity index is 842. The third-order valence-corrected chi connectivity index (χ3v) is 8.24. The van der Waals surface area contributed by atoms with Gasteiger partial charge in [0.05, 0.1) is 19.8 Å². The Labute approximate surface area is 236 Å². The maximum atomic E-state index is 13.1. The van der Waals surface area contributed by atoms with E-state index in [0.29, 0.717) is 37.7 Å². The first kappa shape index (κ1) is 33.3. The molecular formula is C31H55N3O5. The zero-order valence-corrected chi connectivity index (χ0v) is 25.2. The third-order valence-electron chi connectivity index (χ3n) is 8.24. The monoisotopic (exact) mass is 549 g/mol. The Hall–Kier alpha value is -1.87. The number of aliphatic hydroxyl groups excluding tert-OH is 1. The molecular weight excluding hydrogens is 494 g/mol. The standard InChI is InChI=1S/C31H55N3O5/c1-20(2)23(16-22-8-13-29(38-6)30(17-22)39-15-7-14-37-5)18-27(33)28(35)19-26(21(3)4)31(36)34-25-11-9-24(32)10-12-25/h8,13,17,20-21,23-28,35H,7,9-12,14-16,18-19,32-33H2,1-6H3,(H,34,36)/t23-,24?,25?,26-,27-,28-/m0/s1. The molecule has 1 saturated carbocycles. The number of hydrogen-bond donors (Lipinski definition) is 4. The van der Waals surface area contributed by atoms with E-state index in [2.05, 4.69) is 25.2 Å². The number of benzene rings is 1. The molecule has 2 rings (SSSR count). The maximum Gasteiger partial charge on any atom is 0.223 e. The lowest BCUT2D eigenvalue weighted by molar-refractivity contribution is -0.128. The van der Waals surface area contributed by atoms with Crippen LogP contribution in [0.4, 0.5) is 0 Å². The number of aliphatic hydroxyl groups is 1. The molecule has 39 heavy (non-hydrogen) atoms. The molecule has 0 aliphatic heterocycles. The summed E-state index contributed by atoms with van der Waals surface area (Å²) >= 11 is 0. The van der Waals surface area contributed by atoms with Gasteiger partial charge in [0.15, 0.2) is 11.5 Å². The summed E-state index contributed by atoms with van der Waals surface area (Å²) < 4.78 is 16.6. The minimum atomic E-state index is -0.750. The highest BCUT2D eigenvalue weighted by atomic mass is 16.5. The number of amides is 1. The van der Waals surface area contributed by atoms with Crippen LogP contribution in [-0.2, 0) is 16.0 Å². The van der Waals surface area contributed by atoms with E-state index in [4.69, 9.17) is 25.7 Å². The molecule has 1 aliphatic rings. The average Bonchev–Trinajstić information content (AvgIpc) is 2.90. The summed E-state index contributed by atoms with van der Waals surface area (Å²) in [7, 11) is 3.32. The SMILES string of the molecule is COCCCOc1cc(C[C@@H](C[C@H](N)[C@@H](O)C[C@H](C(=O)NC2CCC(N)CC2)C(C)C)C(C)C)ccc1OC. The summed E-state index contributed by atoms with van der Waals surface area (Å²) in [5.74, 6) is 1.93. The van der Waals surface area contributed by atoms with Crippen LogP contribution in [0.1, 0.15) is 78.2 Å². The zero-order chi connectivity index (χ0) is 28.9. The summed E-state index contributed by atoms with van der Waals surface area (Å²) in [6, 6.07) is 6.05. The second kappa shape index (κ2) is 17.1. The van der Waals surface area contributed by atoms with Crippen molar-refractivity contribution >= 4 is 5.91 Å². The van der Waals surface area contributed by atoms with Crippen LogP contribution < -0.4 is 26.3 Å². The van der Waals surface area contributed by atoms with E-state index in [9.17, 15) is 9.90 Å². The fraction of sp³-hybridized carbons (Fsp3) is 0.774. The van der Waals surface area contributed by atoms with E-state index in [1.54, 1.807) is 14.2 Å². The summed E-state index contributed by atoms with van der Waals surface area (Å²) in [4.78, 5) is 13.1. The molecule has 0 spiro atoms. The van der Waals surface area contributed by atoms with Gasteiger partial charge in [0.1, 0.15) is 0 Å². The Morgan fingerprint density at radius 1 is 1.03 bits per heavy atom. The average molecular weight is 550 g/mol. The summed E-state index contributed by atoms with van der Waals surface area (Å²) in [6.07, 6.45) is 5.62. The molecule has 0 saturated heterocycles. The van der Waals surface area contributed by atoms with E-state index in [-0.39, 0.29) is 35.7 Å². The second-order valence-electron chi connectivity index (χ2n) is 12.1. The van der Waals surface area contributed by atoms with Crippen LogP contribution in [0, 0.1) is 23.7 Å². The van der Waals surface area contributed by atoms with Crippen molar-refractivity contribution in [2.45, 2.75) is 103 Å². The Morgan fingerprint density at radius 3 is 2.31 bits per heavy atom. The van der Waals surface area contributed by atoms with Crippen LogP contribution in [0.15, 0.2) is 18.2 Å². The van der Waals surface area contributed by atoms with Gasteiger partial charge in [-0.2, -0.15) is 0 Å². The predicted octanol–water partition coefficient (Wildman–Crippen LogP) is 4.05. The molecule has 1 fully saturated rings. The smallest absolute Gasteiger partial charge is 0.223 e. The molecule has 0 radical (unpaired) electrons. The minimum absolute atomic E-state index is 0.0217. The van der Waals surface area contributed by atoms with E-state index < -0.39 is 12.1 Å². The number of carbonyl (C=O) groups excluding carboxylic acids is 1. The van der Waals surface area contributed by atoms with E-state index in [0.717, 1.165) is 49.8 Å². The zero-order valence-electron chi connectivity index (χ0n) is 25.2. The van der Waals surface area contributed by atoms with Crippen molar-refractivity contribution in [3.8, 4) is 11.5 Å². The third kappa shape index (κ3) is 11.3. The fourth-order valence-corrected chi connectivity index (χ4v) is 5.44. The molecule has 6 N–H and O–H groups in total. The van der Waals surface area contributed by atoms with Gasteiger partial charge in [-0.3, -0.25) is 4.79 Å². The molecule has 1 aromatic rings. The summed E-state index contributed by atoms with van der Waals surface area (Å²) in [6.45, 7) is 9.65. The van der Waals surface area contributed by atoms with Gasteiger partial charge in [0, 0.05) is 44.2 Å². The number of hydrogen-bond acceptors (Lipinski definition) is 7. The van der Waals surface area contributed by atoms with Gasteiger partial charge in [-0.1, -0.05) is 33.8 Å². The Balaban J connectivity index is 1.99. The lowest BCUT2D eigenvalue weighted by atomic mass is 9.80. The highest BCUT2D eigenvalue weighted by Crippen LogP contribution is 2.32. The van der Waals surface area contributed by atoms with Gasteiger partial charge in [-0.05, 0) is 80.4 Å². The molecule has 1 aromatic carbocycles. The summed E-state index contributed by atoms with van der Waals surface area (Å²) in [5.41, 5.74) is 13.7. The molecule has 0 bridgehead atoms. The second-order valence-corrected chi connectivity index (χ2v) is 12.1. The van der Waals surface area contributed by atoms with Gasteiger partial charge in [0.2, 0.25) is 5.91 Å². The van der Waals surface area contributed by atoms with Gasteiger partial charge in [-0.25, -0.2) is 0 Å². The summed E-state index contributed by atoms with van der Waals surface area (Å²) in [5, 5.41) is 14.3. The van der Waals surface area contributed by atoms with Crippen molar-refractivity contribution in [3.05, 3.63) is 23.8 Å². The molecule has 0 unspecified atom stereocenters. The van der Waals surface area contributed by atoms with Crippen molar-refractivity contribution in [2.75, 3.05) is 27.4 Å². The van der Waals surface area contributed by atoms with Gasteiger partial charge in [0.25, 0.3) is 0 Å². The Morgan fingerprint density at radius 2 is 1.72 bits per heavy atom. The first-order valence-electron chi connectivity index (χ1n) is 14.8. The van der Waals surface area contributed by atoms with Crippen LogP contribution in [0.3, 0.4) is 0 Å². The topological polar surface area (TPSA) is 129 Å². The molecule has 8 nitrogen and oxygen atoms in total. The van der Waals surface area contributed by atoms with Crippen LogP contribution in [-0.4, -0.2) is 62.7 Å². The van der Waals surface area contributed by atoms with E-state index >= 15 is 0 Å². The molecule has 8 heteroatoms. The highest BCUT2D eigenvalue weighted by molar-refractivity contribution is 5.79. The normalized spacial score (nSPS) is 20.9. The van der Waals surface area contributed by atoms with Gasteiger partial charge < -0.3 is 36.1 Å². The fourth-order valence-electron chi connectivity index (χ4n) is 5.44. The molecule has 1 aliphatic carbocycles. The quantitative estimate of drug-likeness (QED) is 0.216. The predicted molar refractivity (Wildman–Crippen MR) is 157 cm³/mol. The Kier molecular flexibility index (Phi) is 14.6. The first-order chi connectivity index (χ1) is 18.5. The first-order valence-corrected chi connectivity index (χ1v) is 14.8. The highest BCUT2D eigenvalue weighted by Gasteiger charge is 2.31. The number of carbonyl (C=O) groups is 1. The number of methoxy groups -OCH3 is 2. The van der Waals surface area contributed by atoms with Crippen molar-refractivity contribution in [1.29, 1.82) is 0 Å². The van der Waals surface area contributed by atoms with E-state index in [1.165, 1.54) is 0 Å². The van der Waals surface area contributed by atoms with Crippen molar-refractivity contribution in [2.24, 2.45) is 35.1 Å².